The Morgan fingerprint density at radius 3 is 2.30 bits per heavy atom. The fourth-order valence-electron chi connectivity index (χ4n) is 4.93. The van der Waals surface area contributed by atoms with Crippen molar-refractivity contribution in [1.82, 2.24) is 14.9 Å². The zero-order valence-electron chi connectivity index (χ0n) is 16.8. The van der Waals surface area contributed by atoms with Gasteiger partial charge in [-0.25, -0.2) is 4.79 Å². The highest BCUT2D eigenvalue weighted by molar-refractivity contribution is 6.30. The second kappa shape index (κ2) is 7.74. The molecule has 4 aliphatic heterocycles. The van der Waals surface area contributed by atoms with Gasteiger partial charge in [0.15, 0.2) is 0 Å². The molecule has 0 aromatic heterocycles. The van der Waals surface area contributed by atoms with Crippen LogP contribution in [0.5, 0.6) is 0 Å². The third-order valence-electron chi connectivity index (χ3n) is 6.63. The summed E-state index contributed by atoms with van der Waals surface area (Å²) in [6, 6.07) is 6.14. The van der Waals surface area contributed by atoms with Crippen molar-refractivity contribution in [3.63, 3.8) is 0 Å². The zero-order chi connectivity index (χ0) is 20.8. The van der Waals surface area contributed by atoms with Crippen LogP contribution in [0.25, 0.3) is 0 Å². The van der Waals surface area contributed by atoms with Crippen LogP contribution >= 0.6 is 11.6 Å². The van der Waals surface area contributed by atoms with Gasteiger partial charge in [0.2, 0.25) is 0 Å². The lowest BCUT2D eigenvalue weighted by Gasteiger charge is -2.35. The number of imide groups is 1. The molecule has 4 heterocycles. The number of nitrogens with zero attached hydrogens (tertiary/aromatic N) is 4. The first-order chi connectivity index (χ1) is 14.5. The maximum atomic E-state index is 12.4. The summed E-state index contributed by atoms with van der Waals surface area (Å²) in [5.41, 5.74) is 2.53. The van der Waals surface area contributed by atoms with E-state index in [9.17, 15) is 14.4 Å². The number of amides is 3. The van der Waals surface area contributed by atoms with Crippen molar-refractivity contribution in [1.29, 1.82) is 0 Å². The third kappa shape index (κ3) is 3.63. The summed E-state index contributed by atoms with van der Waals surface area (Å²) in [4.78, 5) is 47.2. The average Bonchev–Trinajstić information content (AvgIpc) is 3.31. The van der Waals surface area contributed by atoms with E-state index in [1.807, 2.05) is 6.07 Å². The summed E-state index contributed by atoms with van der Waals surface area (Å²) in [5, 5.41) is 1.39. The number of benzene rings is 1. The third-order valence-corrected chi connectivity index (χ3v) is 6.87. The summed E-state index contributed by atoms with van der Waals surface area (Å²) in [6.07, 6.45) is 0.838. The number of rotatable bonds is 4. The van der Waals surface area contributed by atoms with Crippen LogP contribution < -0.4 is 4.90 Å². The number of anilines is 1. The topological polar surface area (TPSA) is 73.4 Å². The first kappa shape index (κ1) is 19.6. The Kier molecular flexibility index (Phi) is 5.06. The van der Waals surface area contributed by atoms with Crippen molar-refractivity contribution in [2.75, 3.05) is 44.2 Å². The van der Waals surface area contributed by atoms with Crippen LogP contribution in [-0.4, -0.2) is 72.0 Å². The van der Waals surface area contributed by atoms with Crippen LogP contribution in [0.15, 0.2) is 18.2 Å². The van der Waals surface area contributed by atoms with Crippen LogP contribution in [0.4, 0.5) is 10.5 Å². The van der Waals surface area contributed by atoms with E-state index in [1.165, 1.54) is 17.7 Å². The summed E-state index contributed by atoms with van der Waals surface area (Å²) in [6.45, 7) is 6.05. The molecule has 0 N–H and O–H groups in total. The van der Waals surface area contributed by atoms with Crippen LogP contribution in [0.3, 0.4) is 0 Å². The SMILES string of the molecule is O=C(ON1C(=O)CCC1=O)N1CC2CN(Cc3ccc(Cl)cc3N3CCC3)CC2C1. The molecule has 1 aromatic rings. The molecule has 0 aliphatic carbocycles. The van der Waals surface area contributed by atoms with Gasteiger partial charge in [-0.3, -0.25) is 14.5 Å². The largest absolute Gasteiger partial charge is 0.434 e. The van der Waals surface area contributed by atoms with Crippen molar-refractivity contribution in [3.05, 3.63) is 28.8 Å². The fraction of sp³-hybridized carbons (Fsp3) is 0.571. The lowest BCUT2D eigenvalue weighted by Crippen LogP contribution is -2.40. The molecule has 30 heavy (non-hydrogen) atoms. The zero-order valence-corrected chi connectivity index (χ0v) is 17.5. The molecule has 4 saturated heterocycles. The van der Waals surface area contributed by atoms with E-state index < -0.39 is 17.9 Å². The molecule has 0 spiro atoms. The van der Waals surface area contributed by atoms with Gasteiger partial charge in [-0.15, -0.1) is 5.06 Å². The average molecular weight is 433 g/mol. The van der Waals surface area contributed by atoms with Gasteiger partial charge in [0.1, 0.15) is 0 Å². The van der Waals surface area contributed by atoms with Crippen LogP contribution in [0.2, 0.25) is 5.02 Å². The first-order valence-electron chi connectivity index (χ1n) is 10.6. The second-order valence-electron chi connectivity index (χ2n) is 8.67. The molecular formula is C21H25ClN4O4. The predicted octanol–water partition coefficient (Wildman–Crippen LogP) is 2.11. The van der Waals surface area contributed by atoms with Crippen molar-refractivity contribution < 1.29 is 19.2 Å². The molecule has 0 radical (unpaired) electrons. The van der Waals surface area contributed by atoms with E-state index in [0.29, 0.717) is 30.0 Å². The predicted molar refractivity (Wildman–Crippen MR) is 110 cm³/mol. The molecule has 160 valence electrons. The molecule has 4 fully saturated rings. The summed E-state index contributed by atoms with van der Waals surface area (Å²) < 4.78 is 0. The van der Waals surface area contributed by atoms with Gasteiger partial charge in [0.05, 0.1) is 0 Å². The molecule has 0 saturated carbocycles. The van der Waals surface area contributed by atoms with Gasteiger partial charge < -0.3 is 14.6 Å². The van der Waals surface area contributed by atoms with Gasteiger partial charge >= 0.3 is 6.09 Å². The number of carbonyl (C=O) groups excluding carboxylic acids is 3. The fourth-order valence-corrected chi connectivity index (χ4v) is 5.09. The lowest BCUT2D eigenvalue weighted by atomic mass is 10.0. The number of halogens is 1. The van der Waals surface area contributed by atoms with Gasteiger partial charge in [-0.05, 0) is 36.0 Å². The summed E-state index contributed by atoms with van der Waals surface area (Å²) in [7, 11) is 0. The first-order valence-corrected chi connectivity index (χ1v) is 10.9. The van der Waals surface area contributed by atoms with E-state index in [0.717, 1.165) is 37.7 Å². The minimum absolute atomic E-state index is 0.108. The molecule has 5 rings (SSSR count). The quantitative estimate of drug-likeness (QED) is 0.678. The van der Waals surface area contributed by atoms with Crippen LogP contribution in [0.1, 0.15) is 24.8 Å². The summed E-state index contributed by atoms with van der Waals surface area (Å²) >= 11 is 6.23. The van der Waals surface area contributed by atoms with E-state index in [1.54, 1.807) is 4.90 Å². The number of hydroxylamine groups is 2. The molecule has 3 amide bonds. The number of hydrogen-bond donors (Lipinski definition) is 0. The van der Waals surface area contributed by atoms with Gasteiger partial charge in [0, 0.05) is 69.4 Å². The highest BCUT2D eigenvalue weighted by Crippen LogP contribution is 2.35. The molecule has 2 unspecified atom stereocenters. The van der Waals surface area contributed by atoms with E-state index in [-0.39, 0.29) is 12.8 Å². The molecule has 0 bridgehead atoms. The highest BCUT2D eigenvalue weighted by Gasteiger charge is 2.43. The number of fused-ring (bicyclic) bond motifs is 1. The van der Waals surface area contributed by atoms with E-state index >= 15 is 0 Å². The number of likely N-dealkylation sites (tertiary alicyclic amines) is 2. The maximum Gasteiger partial charge on any atom is 0.434 e. The molecule has 4 aliphatic rings. The molecule has 9 heteroatoms. The Labute approximate surface area is 180 Å². The van der Waals surface area contributed by atoms with Crippen molar-refractivity contribution in [2.45, 2.75) is 25.8 Å². The Morgan fingerprint density at radius 2 is 1.70 bits per heavy atom. The molecule has 2 atom stereocenters. The number of hydrogen-bond acceptors (Lipinski definition) is 6. The van der Waals surface area contributed by atoms with Crippen LogP contribution in [-0.2, 0) is 21.0 Å². The summed E-state index contributed by atoms with van der Waals surface area (Å²) in [5.74, 6) is -0.135. The standard InChI is InChI=1S/C21H25ClN4O4/c22-17-3-2-14(18(8-17)24-6-1-7-24)9-23-10-15-12-25(13-16(15)11-23)21(29)30-26-19(27)4-5-20(26)28/h2-3,8,15-16H,1,4-7,9-13H2. The van der Waals surface area contributed by atoms with E-state index in [2.05, 4.69) is 21.9 Å². The maximum absolute atomic E-state index is 12.4. The Bertz CT molecular complexity index is 860. The minimum Gasteiger partial charge on any atom is -0.371 e. The Morgan fingerprint density at radius 1 is 1.03 bits per heavy atom. The molecular weight excluding hydrogens is 408 g/mol. The van der Waals surface area contributed by atoms with Gasteiger partial charge in [-0.2, -0.15) is 0 Å². The van der Waals surface area contributed by atoms with Gasteiger partial charge in [-0.1, -0.05) is 17.7 Å². The lowest BCUT2D eigenvalue weighted by molar-refractivity contribution is -0.173. The van der Waals surface area contributed by atoms with Crippen molar-refractivity contribution >= 4 is 35.2 Å². The van der Waals surface area contributed by atoms with Gasteiger partial charge in [0.25, 0.3) is 11.8 Å². The number of carbonyl (C=O) groups is 3. The normalized spacial score (nSPS) is 26.4. The molecule has 1 aromatic carbocycles. The van der Waals surface area contributed by atoms with E-state index in [4.69, 9.17) is 16.4 Å². The minimum atomic E-state index is -0.600. The van der Waals surface area contributed by atoms with Crippen LogP contribution in [0, 0.1) is 11.8 Å². The van der Waals surface area contributed by atoms with Crippen molar-refractivity contribution in [3.8, 4) is 0 Å². The monoisotopic (exact) mass is 432 g/mol. The smallest absolute Gasteiger partial charge is 0.371 e. The highest BCUT2D eigenvalue weighted by atomic mass is 35.5. The van der Waals surface area contributed by atoms with Crippen molar-refractivity contribution in [2.24, 2.45) is 11.8 Å². The Balaban J connectivity index is 1.17. The Hall–Kier alpha value is -2.32. The molecule has 8 nitrogen and oxygen atoms in total. The second-order valence-corrected chi connectivity index (χ2v) is 9.11.